The second kappa shape index (κ2) is 8.10. The van der Waals surface area contributed by atoms with E-state index in [-0.39, 0.29) is 16.9 Å². The molecule has 3 nitrogen and oxygen atoms in total. The van der Waals surface area contributed by atoms with Gasteiger partial charge in [-0.3, -0.25) is 4.79 Å². The summed E-state index contributed by atoms with van der Waals surface area (Å²) in [5.74, 6) is -1.42. The molecular weight excluding hydrogens is 400 g/mol. The molecule has 1 N–H and O–H groups in total. The highest BCUT2D eigenvalue weighted by molar-refractivity contribution is 9.13. The molecule has 2 rings (SSSR count). The average Bonchev–Trinajstić information content (AvgIpc) is 2.51. The molecule has 0 saturated carbocycles. The monoisotopic (exact) mass is 412 g/mol. The minimum Gasteiger partial charge on any atom is -0.478 e. The van der Waals surface area contributed by atoms with Crippen molar-refractivity contribution in [2.45, 2.75) is 13.8 Å². The Bertz CT molecular complexity index is 666. The topological polar surface area (TPSA) is 54.4 Å². The lowest BCUT2D eigenvalue weighted by Crippen LogP contribution is -2.09. The molecule has 0 saturated heterocycles. The third-order valence-electron chi connectivity index (χ3n) is 2.58. The normalized spacial score (nSPS) is 9.52. The van der Waals surface area contributed by atoms with Gasteiger partial charge in [0.15, 0.2) is 5.78 Å². The van der Waals surface area contributed by atoms with E-state index >= 15 is 0 Å². The van der Waals surface area contributed by atoms with Gasteiger partial charge in [-0.05, 0) is 56.1 Å². The minimum absolute atomic E-state index is 0.00606. The van der Waals surface area contributed by atoms with Crippen LogP contribution in [0.2, 0.25) is 0 Å². The molecule has 0 aliphatic rings. The summed E-state index contributed by atoms with van der Waals surface area (Å²) in [4.78, 5) is 23.4. The van der Waals surface area contributed by atoms with Gasteiger partial charge in [0.05, 0.1) is 5.56 Å². The lowest BCUT2D eigenvalue weighted by molar-refractivity contribution is 0.0693. The van der Waals surface area contributed by atoms with Gasteiger partial charge in [-0.25, -0.2) is 4.79 Å². The van der Waals surface area contributed by atoms with E-state index in [0.717, 1.165) is 8.95 Å². The number of carbonyl (C=O) groups is 2. The molecule has 0 aliphatic carbocycles. The van der Waals surface area contributed by atoms with Gasteiger partial charge in [0.2, 0.25) is 0 Å². The standard InChI is InChI=1S/C14H8Br2O3.C2H6/c15-11-6-5-8(7-12(11)16)13(17)9-3-1-2-4-10(9)14(18)19;1-2/h1-7H,(H,18,19);1-2H3. The number of carboxylic acid groups (broad SMARTS) is 1. The van der Waals surface area contributed by atoms with Gasteiger partial charge in [-0.2, -0.15) is 0 Å². The summed E-state index contributed by atoms with van der Waals surface area (Å²) in [6, 6.07) is 11.2. The number of carboxylic acids is 1. The number of hydrogen-bond acceptors (Lipinski definition) is 2. The molecule has 0 aromatic heterocycles. The van der Waals surface area contributed by atoms with Crippen LogP contribution >= 0.6 is 31.9 Å². The Morgan fingerprint density at radius 1 is 0.905 bits per heavy atom. The van der Waals surface area contributed by atoms with Crippen molar-refractivity contribution in [2.24, 2.45) is 0 Å². The van der Waals surface area contributed by atoms with Crippen LogP contribution in [0.4, 0.5) is 0 Å². The molecule has 2 aromatic rings. The molecule has 0 spiro atoms. The van der Waals surface area contributed by atoms with Crippen molar-refractivity contribution < 1.29 is 14.7 Å². The predicted octanol–water partition coefficient (Wildman–Crippen LogP) is 5.17. The Kier molecular flexibility index (Phi) is 6.78. The Balaban J connectivity index is 0.00000106. The summed E-state index contributed by atoms with van der Waals surface area (Å²) < 4.78 is 1.57. The van der Waals surface area contributed by atoms with Crippen LogP contribution in [0.25, 0.3) is 0 Å². The number of rotatable bonds is 3. The Hall–Kier alpha value is -1.46. The van der Waals surface area contributed by atoms with E-state index in [2.05, 4.69) is 31.9 Å². The fourth-order valence-corrected chi connectivity index (χ4v) is 2.29. The Morgan fingerprint density at radius 3 is 2.00 bits per heavy atom. The smallest absolute Gasteiger partial charge is 0.336 e. The molecule has 0 unspecified atom stereocenters. The molecule has 21 heavy (non-hydrogen) atoms. The van der Waals surface area contributed by atoms with Crippen molar-refractivity contribution in [3.05, 3.63) is 68.1 Å². The molecule has 5 heteroatoms. The molecule has 2 aromatic carbocycles. The van der Waals surface area contributed by atoms with E-state index in [1.807, 2.05) is 13.8 Å². The number of hydrogen-bond donors (Lipinski definition) is 1. The van der Waals surface area contributed by atoms with Crippen molar-refractivity contribution in [3.63, 3.8) is 0 Å². The van der Waals surface area contributed by atoms with E-state index < -0.39 is 5.97 Å². The largest absolute Gasteiger partial charge is 0.478 e. The van der Waals surface area contributed by atoms with Gasteiger partial charge in [-0.1, -0.05) is 32.0 Å². The first kappa shape index (κ1) is 17.6. The molecule has 0 bridgehead atoms. The molecule has 0 radical (unpaired) electrons. The Morgan fingerprint density at radius 2 is 1.48 bits per heavy atom. The second-order valence-corrected chi connectivity index (χ2v) is 5.52. The van der Waals surface area contributed by atoms with E-state index in [1.54, 1.807) is 30.3 Å². The quantitative estimate of drug-likeness (QED) is 0.706. The highest BCUT2D eigenvalue weighted by Gasteiger charge is 2.17. The third-order valence-corrected chi connectivity index (χ3v) is 4.46. The van der Waals surface area contributed by atoms with E-state index in [0.29, 0.717) is 5.56 Å². The molecule has 0 fully saturated rings. The fourth-order valence-electron chi connectivity index (χ4n) is 1.66. The number of aromatic carboxylic acids is 1. The zero-order valence-electron chi connectivity index (χ0n) is 11.6. The van der Waals surface area contributed by atoms with Gasteiger partial charge in [0.25, 0.3) is 0 Å². The molecule has 0 amide bonds. The van der Waals surface area contributed by atoms with Crippen molar-refractivity contribution >= 4 is 43.6 Å². The molecular formula is C16H14Br2O3. The highest BCUT2D eigenvalue weighted by Crippen LogP contribution is 2.25. The Labute approximate surface area is 140 Å². The van der Waals surface area contributed by atoms with Crippen molar-refractivity contribution in [3.8, 4) is 0 Å². The first-order valence-corrected chi connectivity index (χ1v) is 7.91. The average molecular weight is 414 g/mol. The van der Waals surface area contributed by atoms with E-state index in [9.17, 15) is 9.59 Å². The third kappa shape index (κ3) is 4.25. The van der Waals surface area contributed by atoms with Crippen LogP contribution in [0.5, 0.6) is 0 Å². The maximum Gasteiger partial charge on any atom is 0.336 e. The zero-order chi connectivity index (χ0) is 16.0. The number of ketones is 1. The zero-order valence-corrected chi connectivity index (χ0v) is 14.7. The first-order valence-electron chi connectivity index (χ1n) is 6.33. The summed E-state index contributed by atoms with van der Waals surface area (Å²) in [6.45, 7) is 4.00. The lowest BCUT2D eigenvalue weighted by atomic mass is 9.98. The maximum atomic E-state index is 12.3. The second-order valence-electron chi connectivity index (χ2n) is 3.81. The van der Waals surface area contributed by atoms with Crippen LogP contribution in [0.15, 0.2) is 51.4 Å². The summed E-state index contributed by atoms with van der Waals surface area (Å²) in [6.07, 6.45) is 0. The number of benzene rings is 2. The summed E-state index contributed by atoms with van der Waals surface area (Å²) in [5.41, 5.74) is 0.625. The molecule has 110 valence electrons. The van der Waals surface area contributed by atoms with Gasteiger partial charge < -0.3 is 5.11 Å². The van der Waals surface area contributed by atoms with Gasteiger partial charge >= 0.3 is 5.97 Å². The van der Waals surface area contributed by atoms with Crippen molar-refractivity contribution in [1.82, 2.24) is 0 Å². The summed E-state index contributed by atoms with van der Waals surface area (Å²) in [7, 11) is 0. The lowest BCUT2D eigenvalue weighted by Gasteiger charge is -2.06. The number of carbonyl (C=O) groups excluding carboxylic acids is 1. The van der Waals surface area contributed by atoms with Crippen LogP contribution in [-0.2, 0) is 0 Å². The van der Waals surface area contributed by atoms with Crippen molar-refractivity contribution in [2.75, 3.05) is 0 Å². The van der Waals surface area contributed by atoms with Gasteiger partial charge in [0, 0.05) is 20.1 Å². The molecule has 0 heterocycles. The van der Waals surface area contributed by atoms with Crippen LogP contribution < -0.4 is 0 Å². The van der Waals surface area contributed by atoms with Gasteiger partial charge in [-0.15, -0.1) is 0 Å². The predicted molar refractivity (Wildman–Crippen MR) is 90.0 cm³/mol. The maximum absolute atomic E-state index is 12.3. The fraction of sp³-hybridized carbons (Fsp3) is 0.125. The van der Waals surface area contributed by atoms with Crippen LogP contribution in [0, 0.1) is 0 Å². The van der Waals surface area contributed by atoms with Crippen LogP contribution in [0.1, 0.15) is 40.1 Å². The minimum atomic E-state index is -1.11. The number of halogens is 2. The molecule has 0 aliphatic heterocycles. The van der Waals surface area contributed by atoms with Crippen LogP contribution in [-0.4, -0.2) is 16.9 Å². The summed E-state index contributed by atoms with van der Waals surface area (Å²) >= 11 is 6.64. The first-order chi connectivity index (χ1) is 10.0. The molecule has 0 atom stereocenters. The van der Waals surface area contributed by atoms with Gasteiger partial charge in [0.1, 0.15) is 0 Å². The highest BCUT2D eigenvalue weighted by atomic mass is 79.9. The SMILES string of the molecule is CC.O=C(O)c1ccccc1C(=O)c1ccc(Br)c(Br)c1. The van der Waals surface area contributed by atoms with E-state index in [4.69, 9.17) is 5.11 Å². The van der Waals surface area contributed by atoms with Crippen LogP contribution in [0.3, 0.4) is 0 Å². The van der Waals surface area contributed by atoms with E-state index in [1.165, 1.54) is 12.1 Å². The van der Waals surface area contributed by atoms with Crippen molar-refractivity contribution in [1.29, 1.82) is 0 Å². The summed E-state index contributed by atoms with van der Waals surface area (Å²) in [5, 5.41) is 9.09.